The molecule has 1 aromatic rings. The number of benzene rings is 1. The molecule has 0 spiro atoms. The highest BCUT2D eigenvalue weighted by atomic mass is 16.7. The van der Waals surface area contributed by atoms with Gasteiger partial charge in [-0.2, -0.15) is 0 Å². The number of ether oxygens (including phenoxy) is 3. The molecule has 1 saturated heterocycles. The van der Waals surface area contributed by atoms with Crippen LogP contribution in [-0.4, -0.2) is 44.9 Å². The highest BCUT2D eigenvalue weighted by molar-refractivity contribution is 5.26. The van der Waals surface area contributed by atoms with Gasteiger partial charge in [0.25, 0.3) is 0 Å². The fourth-order valence-corrected chi connectivity index (χ4v) is 3.76. The summed E-state index contributed by atoms with van der Waals surface area (Å²) >= 11 is 0. The van der Waals surface area contributed by atoms with Crippen LogP contribution in [0.1, 0.15) is 62.5 Å². The van der Waals surface area contributed by atoms with E-state index in [1.54, 1.807) is 7.11 Å². The molecule has 1 aliphatic heterocycles. The van der Waals surface area contributed by atoms with Gasteiger partial charge in [0.2, 0.25) is 0 Å². The van der Waals surface area contributed by atoms with E-state index in [9.17, 15) is 5.11 Å². The van der Waals surface area contributed by atoms with E-state index in [4.69, 9.17) is 14.2 Å². The molecule has 2 rings (SSSR count). The standard InChI is InChI=1S/C24H38O4/c1-4-5-6-7-8-9-20-10-12-21(13-11-20)23-17-27-24(28-18-23)22(16-26-3)14-19(2)15-25/h10-13,22-25H,2,4-9,14-18H2,1,3H3. The molecule has 1 atom stereocenters. The zero-order valence-electron chi connectivity index (χ0n) is 17.7. The number of rotatable bonds is 13. The average molecular weight is 391 g/mol. The largest absolute Gasteiger partial charge is 0.392 e. The molecule has 0 amide bonds. The Morgan fingerprint density at radius 1 is 1.14 bits per heavy atom. The summed E-state index contributed by atoms with van der Waals surface area (Å²) < 4.78 is 17.3. The Hall–Kier alpha value is -1.20. The van der Waals surface area contributed by atoms with Crippen molar-refractivity contribution in [2.45, 2.75) is 64.1 Å². The van der Waals surface area contributed by atoms with E-state index >= 15 is 0 Å². The summed E-state index contributed by atoms with van der Waals surface area (Å²) in [5.74, 6) is 0.319. The van der Waals surface area contributed by atoms with Crippen molar-refractivity contribution < 1.29 is 19.3 Å². The fourth-order valence-electron chi connectivity index (χ4n) is 3.76. The van der Waals surface area contributed by atoms with Crippen molar-refractivity contribution in [1.82, 2.24) is 0 Å². The lowest BCUT2D eigenvalue weighted by Crippen LogP contribution is -2.38. The monoisotopic (exact) mass is 390 g/mol. The Morgan fingerprint density at radius 3 is 2.43 bits per heavy atom. The van der Waals surface area contributed by atoms with Gasteiger partial charge in [-0.1, -0.05) is 69.0 Å². The number of hydrogen-bond donors (Lipinski definition) is 1. The first kappa shape index (κ1) is 23.1. The zero-order valence-corrected chi connectivity index (χ0v) is 17.7. The van der Waals surface area contributed by atoms with Gasteiger partial charge in [-0.05, 0) is 30.4 Å². The molecule has 1 heterocycles. The van der Waals surface area contributed by atoms with E-state index in [2.05, 4.69) is 37.8 Å². The summed E-state index contributed by atoms with van der Waals surface area (Å²) in [7, 11) is 1.67. The van der Waals surface area contributed by atoms with E-state index < -0.39 is 0 Å². The van der Waals surface area contributed by atoms with Crippen LogP contribution in [0.4, 0.5) is 0 Å². The van der Waals surface area contributed by atoms with Crippen molar-refractivity contribution >= 4 is 0 Å². The number of aliphatic hydroxyl groups is 1. The molecule has 0 radical (unpaired) electrons. The number of methoxy groups -OCH3 is 1. The molecule has 4 nitrogen and oxygen atoms in total. The predicted octanol–water partition coefficient (Wildman–Crippen LogP) is 4.86. The predicted molar refractivity (Wildman–Crippen MR) is 114 cm³/mol. The SMILES string of the molecule is C=C(CO)CC(COC)C1OCC(c2ccc(CCCCCCC)cc2)CO1. The fraction of sp³-hybridized carbons (Fsp3) is 0.667. The minimum Gasteiger partial charge on any atom is -0.392 e. The third kappa shape index (κ3) is 7.67. The maximum absolute atomic E-state index is 9.23. The summed E-state index contributed by atoms with van der Waals surface area (Å²) in [5.41, 5.74) is 3.47. The van der Waals surface area contributed by atoms with Gasteiger partial charge in [0, 0.05) is 18.9 Å². The summed E-state index contributed by atoms with van der Waals surface area (Å²) in [6, 6.07) is 8.94. The van der Waals surface area contributed by atoms with Crippen molar-refractivity contribution in [3.63, 3.8) is 0 Å². The number of aliphatic hydroxyl groups excluding tert-OH is 1. The lowest BCUT2D eigenvalue weighted by atomic mass is 9.96. The quantitative estimate of drug-likeness (QED) is 0.386. The van der Waals surface area contributed by atoms with Crippen molar-refractivity contribution in [3.8, 4) is 0 Å². The highest BCUT2D eigenvalue weighted by Crippen LogP contribution is 2.28. The van der Waals surface area contributed by atoms with E-state index in [1.165, 1.54) is 43.2 Å². The second kappa shape index (κ2) is 13.1. The van der Waals surface area contributed by atoms with Crippen LogP contribution in [0.3, 0.4) is 0 Å². The first-order chi connectivity index (χ1) is 13.7. The molecular formula is C24H38O4. The van der Waals surface area contributed by atoms with Crippen LogP contribution < -0.4 is 0 Å². The summed E-state index contributed by atoms with van der Waals surface area (Å²) in [6.07, 6.45) is 8.10. The molecule has 28 heavy (non-hydrogen) atoms. The molecular weight excluding hydrogens is 352 g/mol. The molecule has 1 aliphatic rings. The van der Waals surface area contributed by atoms with Crippen LogP contribution >= 0.6 is 0 Å². The minimum absolute atomic E-state index is 0.0134. The first-order valence-corrected chi connectivity index (χ1v) is 10.8. The Balaban J connectivity index is 1.79. The van der Waals surface area contributed by atoms with Crippen LogP contribution in [-0.2, 0) is 20.6 Å². The molecule has 1 unspecified atom stereocenters. The van der Waals surface area contributed by atoms with Crippen LogP contribution in [0.5, 0.6) is 0 Å². The van der Waals surface area contributed by atoms with Crippen molar-refractivity contribution in [1.29, 1.82) is 0 Å². The van der Waals surface area contributed by atoms with Crippen molar-refractivity contribution in [2.24, 2.45) is 5.92 Å². The molecule has 1 aromatic carbocycles. The van der Waals surface area contributed by atoms with Crippen LogP contribution in [0, 0.1) is 5.92 Å². The molecule has 0 saturated carbocycles. The Morgan fingerprint density at radius 2 is 1.82 bits per heavy atom. The summed E-state index contributed by atoms with van der Waals surface area (Å²) in [4.78, 5) is 0. The van der Waals surface area contributed by atoms with Crippen LogP contribution in [0.25, 0.3) is 0 Å². The highest BCUT2D eigenvalue weighted by Gasteiger charge is 2.30. The summed E-state index contributed by atoms with van der Waals surface area (Å²) in [5, 5.41) is 9.23. The van der Waals surface area contributed by atoms with Crippen LogP contribution in [0.15, 0.2) is 36.4 Å². The maximum atomic E-state index is 9.23. The van der Waals surface area contributed by atoms with Gasteiger partial charge in [0.05, 0.1) is 26.4 Å². The zero-order chi connectivity index (χ0) is 20.2. The molecule has 0 bridgehead atoms. The van der Waals surface area contributed by atoms with Gasteiger partial charge in [-0.25, -0.2) is 0 Å². The minimum atomic E-state index is -0.304. The first-order valence-electron chi connectivity index (χ1n) is 10.8. The number of aryl methyl sites for hydroxylation is 1. The smallest absolute Gasteiger partial charge is 0.162 e. The second-order valence-electron chi connectivity index (χ2n) is 7.97. The van der Waals surface area contributed by atoms with E-state index in [1.807, 2.05) is 0 Å². The third-order valence-corrected chi connectivity index (χ3v) is 5.48. The number of unbranched alkanes of at least 4 members (excludes halogenated alkanes) is 4. The van der Waals surface area contributed by atoms with Gasteiger partial charge >= 0.3 is 0 Å². The maximum Gasteiger partial charge on any atom is 0.162 e. The molecule has 1 N–H and O–H groups in total. The van der Waals surface area contributed by atoms with Gasteiger partial charge in [-0.15, -0.1) is 0 Å². The van der Waals surface area contributed by atoms with E-state index in [0.717, 1.165) is 12.0 Å². The lowest BCUT2D eigenvalue weighted by molar-refractivity contribution is -0.218. The van der Waals surface area contributed by atoms with Crippen LogP contribution in [0.2, 0.25) is 0 Å². The average Bonchev–Trinajstić information content (AvgIpc) is 2.74. The van der Waals surface area contributed by atoms with Gasteiger partial charge in [0.1, 0.15) is 0 Å². The van der Waals surface area contributed by atoms with Gasteiger partial charge < -0.3 is 19.3 Å². The summed E-state index contributed by atoms with van der Waals surface area (Å²) in [6.45, 7) is 7.94. The molecule has 0 aliphatic carbocycles. The third-order valence-electron chi connectivity index (χ3n) is 5.48. The molecule has 158 valence electrons. The molecule has 1 fully saturated rings. The second-order valence-corrected chi connectivity index (χ2v) is 7.97. The Kier molecular flexibility index (Phi) is 10.8. The lowest BCUT2D eigenvalue weighted by Gasteiger charge is -2.34. The number of hydrogen-bond acceptors (Lipinski definition) is 4. The van der Waals surface area contributed by atoms with E-state index in [0.29, 0.717) is 26.2 Å². The van der Waals surface area contributed by atoms with E-state index in [-0.39, 0.29) is 24.7 Å². The molecule has 4 heteroatoms. The topological polar surface area (TPSA) is 47.9 Å². The van der Waals surface area contributed by atoms with Gasteiger partial charge in [0.15, 0.2) is 6.29 Å². The Labute approximate surface area is 170 Å². The van der Waals surface area contributed by atoms with Crippen molar-refractivity contribution in [2.75, 3.05) is 33.5 Å². The normalized spacial score (nSPS) is 20.8. The van der Waals surface area contributed by atoms with Gasteiger partial charge in [-0.3, -0.25) is 0 Å². The Bertz CT molecular complexity index is 546. The molecule has 0 aromatic heterocycles. The van der Waals surface area contributed by atoms with Crippen molar-refractivity contribution in [3.05, 3.63) is 47.5 Å².